The number of likely N-dealkylation sites (N-methyl/N-ethyl adjacent to an activating group) is 1. The molecule has 1 saturated heterocycles. The van der Waals surface area contributed by atoms with Crippen molar-refractivity contribution in [2.24, 2.45) is 0 Å². The fourth-order valence-electron chi connectivity index (χ4n) is 2.70. The van der Waals surface area contributed by atoms with E-state index in [9.17, 15) is 9.59 Å². The second-order valence-electron chi connectivity index (χ2n) is 5.01. The average Bonchev–Trinajstić information content (AvgIpc) is 2.82. The molecule has 1 aromatic heterocycles. The van der Waals surface area contributed by atoms with Crippen LogP contribution in [0.4, 0.5) is 0 Å². The number of fused-ring (bicyclic) bond motifs is 1. The van der Waals surface area contributed by atoms with Gasteiger partial charge in [-0.25, -0.2) is 4.98 Å². The van der Waals surface area contributed by atoms with Crippen molar-refractivity contribution in [1.82, 2.24) is 14.5 Å². The van der Waals surface area contributed by atoms with Crippen LogP contribution >= 0.6 is 23.2 Å². The zero-order valence-electron chi connectivity index (χ0n) is 11.3. The predicted octanol–water partition coefficient (Wildman–Crippen LogP) is 2.75. The second kappa shape index (κ2) is 5.31. The molecule has 0 saturated carbocycles. The molecule has 0 spiro atoms. The minimum absolute atomic E-state index is 0.156. The Hall–Kier alpha value is -1.59. The molecule has 1 unspecified atom stereocenters. The summed E-state index contributed by atoms with van der Waals surface area (Å²) in [5, 5.41) is 0.579. The minimum Gasteiger partial charge on any atom is -0.314 e. The lowest BCUT2D eigenvalue weighted by Gasteiger charge is -2.29. The number of hydrogen-bond donors (Lipinski definition) is 0. The first-order valence-corrected chi connectivity index (χ1v) is 7.47. The highest BCUT2D eigenvalue weighted by Gasteiger charge is 2.34. The first kappa shape index (κ1) is 14.4. The fraction of sp³-hybridized carbons (Fsp3) is 0.357. The van der Waals surface area contributed by atoms with Gasteiger partial charge in [-0.3, -0.25) is 14.5 Å². The van der Waals surface area contributed by atoms with Crippen LogP contribution in [0, 0.1) is 0 Å². The Morgan fingerprint density at radius 1 is 1.38 bits per heavy atom. The molecule has 2 aromatic rings. The Balaban J connectivity index is 2.15. The second-order valence-corrected chi connectivity index (χ2v) is 5.71. The van der Waals surface area contributed by atoms with Gasteiger partial charge in [-0.2, -0.15) is 0 Å². The minimum atomic E-state index is -0.451. The molecule has 1 atom stereocenters. The van der Waals surface area contributed by atoms with E-state index in [1.54, 1.807) is 12.1 Å². The monoisotopic (exact) mass is 325 g/mol. The van der Waals surface area contributed by atoms with Crippen molar-refractivity contribution >= 4 is 46.0 Å². The molecule has 0 bridgehead atoms. The van der Waals surface area contributed by atoms with Crippen LogP contribution in [0.15, 0.2) is 18.2 Å². The normalized spacial score (nSPS) is 19.6. The molecule has 1 fully saturated rings. The molecule has 1 aliphatic rings. The number of piperidine rings is 1. The van der Waals surface area contributed by atoms with Crippen LogP contribution in [0.3, 0.4) is 0 Å². The van der Waals surface area contributed by atoms with Gasteiger partial charge in [-0.1, -0.05) is 11.6 Å². The summed E-state index contributed by atoms with van der Waals surface area (Å²) in [5.74, 6) is 0.409. The van der Waals surface area contributed by atoms with Crippen molar-refractivity contribution in [3.8, 4) is 0 Å². The maximum atomic E-state index is 12.4. The van der Waals surface area contributed by atoms with Crippen LogP contribution in [-0.4, -0.2) is 33.3 Å². The summed E-state index contributed by atoms with van der Waals surface area (Å²) in [6.45, 7) is 0. The van der Waals surface area contributed by atoms with E-state index in [0.29, 0.717) is 29.2 Å². The average molecular weight is 326 g/mol. The third-order valence-electron chi connectivity index (χ3n) is 3.78. The number of halogens is 2. The predicted molar refractivity (Wildman–Crippen MR) is 80.3 cm³/mol. The van der Waals surface area contributed by atoms with Crippen LogP contribution in [0.1, 0.15) is 24.7 Å². The first-order valence-electron chi connectivity index (χ1n) is 6.55. The van der Waals surface area contributed by atoms with Gasteiger partial charge in [0.25, 0.3) is 5.91 Å². The number of alkyl halides is 1. The fourth-order valence-corrected chi connectivity index (χ4v) is 3.06. The van der Waals surface area contributed by atoms with E-state index in [4.69, 9.17) is 23.2 Å². The van der Waals surface area contributed by atoms with Gasteiger partial charge in [-0.05, 0) is 24.6 Å². The molecular weight excluding hydrogens is 313 g/mol. The topological polar surface area (TPSA) is 55.2 Å². The van der Waals surface area contributed by atoms with E-state index < -0.39 is 6.04 Å². The quantitative estimate of drug-likeness (QED) is 0.630. The highest BCUT2D eigenvalue weighted by Crippen LogP contribution is 2.30. The van der Waals surface area contributed by atoms with Crippen molar-refractivity contribution in [2.75, 3.05) is 7.05 Å². The summed E-state index contributed by atoms with van der Waals surface area (Å²) in [7, 11) is 1.51. The van der Waals surface area contributed by atoms with E-state index in [1.807, 2.05) is 10.6 Å². The van der Waals surface area contributed by atoms with Crippen molar-refractivity contribution < 1.29 is 9.59 Å². The number of nitrogens with zero attached hydrogens (tertiary/aromatic N) is 3. The number of aromatic nitrogens is 2. The van der Waals surface area contributed by atoms with Crippen LogP contribution in [0.2, 0.25) is 5.02 Å². The van der Waals surface area contributed by atoms with E-state index in [-0.39, 0.29) is 17.7 Å². The number of benzene rings is 1. The first-order chi connectivity index (χ1) is 10.0. The van der Waals surface area contributed by atoms with Crippen LogP contribution in [-0.2, 0) is 15.5 Å². The number of hydrogen-bond acceptors (Lipinski definition) is 3. The summed E-state index contributed by atoms with van der Waals surface area (Å²) in [4.78, 5) is 29.6. The number of imidazole rings is 1. The Labute approximate surface area is 131 Å². The molecule has 0 aliphatic carbocycles. The van der Waals surface area contributed by atoms with Crippen molar-refractivity contribution in [2.45, 2.75) is 24.8 Å². The Kier molecular flexibility index (Phi) is 3.63. The number of carbonyl (C=O) groups excluding carboxylic acids is 2. The van der Waals surface area contributed by atoms with Crippen molar-refractivity contribution in [3.63, 3.8) is 0 Å². The molecule has 7 heteroatoms. The van der Waals surface area contributed by atoms with Crippen molar-refractivity contribution in [1.29, 1.82) is 0 Å². The lowest BCUT2D eigenvalue weighted by Crippen LogP contribution is -2.43. The summed E-state index contributed by atoms with van der Waals surface area (Å²) in [6, 6.07) is 4.87. The molecule has 2 amide bonds. The SMILES string of the molecule is CN1C(=O)CCC(n2c(CCl)nc3cc(Cl)ccc32)C1=O. The zero-order valence-corrected chi connectivity index (χ0v) is 12.9. The summed E-state index contributed by atoms with van der Waals surface area (Å²) >= 11 is 11.9. The molecule has 21 heavy (non-hydrogen) atoms. The third kappa shape index (κ3) is 2.30. The highest BCUT2D eigenvalue weighted by molar-refractivity contribution is 6.31. The van der Waals surface area contributed by atoms with E-state index >= 15 is 0 Å². The lowest BCUT2D eigenvalue weighted by molar-refractivity contribution is -0.149. The highest BCUT2D eigenvalue weighted by atomic mass is 35.5. The molecule has 1 aromatic carbocycles. The molecule has 0 N–H and O–H groups in total. The standard InChI is InChI=1S/C14H13Cl2N3O2/c1-18-13(20)5-4-11(14(18)21)19-10-3-2-8(16)6-9(10)17-12(19)7-15/h2-3,6,11H,4-5,7H2,1H3. The third-order valence-corrected chi connectivity index (χ3v) is 4.25. The summed E-state index contributed by atoms with van der Waals surface area (Å²) in [6.07, 6.45) is 0.794. The van der Waals surface area contributed by atoms with Gasteiger partial charge in [0, 0.05) is 18.5 Å². The summed E-state index contributed by atoms with van der Waals surface area (Å²) in [5.41, 5.74) is 1.50. The van der Waals surface area contributed by atoms with Gasteiger partial charge in [0.1, 0.15) is 11.9 Å². The number of carbonyl (C=O) groups is 2. The smallest absolute Gasteiger partial charge is 0.252 e. The van der Waals surface area contributed by atoms with E-state index in [1.165, 1.54) is 11.9 Å². The van der Waals surface area contributed by atoms with Crippen LogP contribution in [0.25, 0.3) is 11.0 Å². The molecule has 5 nitrogen and oxygen atoms in total. The number of amides is 2. The van der Waals surface area contributed by atoms with Gasteiger partial charge in [-0.15, -0.1) is 11.6 Å². The molecule has 0 radical (unpaired) electrons. The molecule has 2 heterocycles. The largest absolute Gasteiger partial charge is 0.314 e. The lowest BCUT2D eigenvalue weighted by atomic mass is 10.0. The van der Waals surface area contributed by atoms with Gasteiger partial charge >= 0.3 is 0 Å². The van der Waals surface area contributed by atoms with Gasteiger partial charge in [0.2, 0.25) is 5.91 Å². The maximum absolute atomic E-state index is 12.4. The van der Waals surface area contributed by atoms with Gasteiger partial charge in [0.05, 0.1) is 16.9 Å². The van der Waals surface area contributed by atoms with Gasteiger partial charge in [0.15, 0.2) is 0 Å². The van der Waals surface area contributed by atoms with E-state index in [0.717, 1.165) is 5.52 Å². The molecular formula is C14H13Cl2N3O2. The Morgan fingerprint density at radius 2 is 2.14 bits per heavy atom. The Morgan fingerprint density at radius 3 is 2.86 bits per heavy atom. The molecule has 3 rings (SSSR count). The number of rotatable bonds is 2. The molecule has 1 aliphatic heterocycles. The number of imide groups is 1. The number of likely N-dealkylation sites (tertiary alicyclic amines) is 1. The Bertz CT molecular complexity index is 741. The van der Waals surface area contributed by atoms with Gasteiger partial charge < -0.3 is 4.57 Å². The molecule has 110 valence electrons. The zero-order chi connectivity index (χ0) is 15.1. The maximum Gasteiger partial charge on any atom is 0.252 e. The van der Waals surface area contributed by atoms with Crippen molar-refractivity contribution in [3.05, 3.63) is 29.0 Å². The van der Waals surface area contributed by atoms with Crippen LogP contribution < -0.4 is 0 Å². The summed E-state index contributed by atoms with van der Waals surface area (Å²) < 4.78 is 1.82. The van der Waals surface area contributed by atoms with E-state index in [2.05, 4.69) is 4.98 Å². The van der Waals surface area contributed by atoms with Crippen LogP contribution in [0.5, 0.6) is 0 Å².